The van der Waals surface area contributed by atoms with Crippen LogP contribution in [-0.4, -0.2) is 20.4 Å². The van der Waals surface area contributed by atoms with E-state index < -0.39 is 10.0 Å². The van der Waals surface area contributed by atoms with Gasteiger partial charge in [-0.2, -0.15) is 0 Å². The lowest BCUT2D eigenvalue weighted by Gasteiger charge is -2.10. The van der Waals surface area contributed by atoms with Gasteiger partial charge in [0.25, 0.3) is 10.0 Å². The third kappa shape index (κ3) is 4.16. The Labute approximate surface area is 136 Å². The summed E-state index contributed by atoms with van der Waals surface area (Å²) in [6, 6.07) is 8.14. The topological polar surface area (TPSA) is 71.1 Å². The molecule has 0 radical (unpaired) electrons. The first kappa shape index (κ1) is 16.2. The van der Waals surface area contributed by atoms with Gasteiger partial charge in [0, 0.05) is 17.2 Å². The molecule has 0 fully saturated rings. The first-order valence-corrected chi connectivity index (χ1v) is 8.65. The number of rotatable bonds is 5. The van der Waals surface area contributed by atoms with Gasteiger partial charge >= 0.3 is 0 Å². The van der Waals surface area contributed by atoms with Crippen molar-refractivity contribution < 1.29 is 8.42 Å². The average molecular weight is 391 g/mol. The minimum atomic E-state index is -3.79. The van der Waals surface area contributed by atoms with E-state index in [4.69, 9.17) is 11.6 Å². The molecule has 21 heavy (non-hydrogen) atoms. The van der Waals surface area contributed by atoms with Gasteiger partial charge in [-0.3, -0.25) is 4.72 Å². The first-order chi connectivity index (χ1) is 9.92. The van der Waals surface area contributed by atoms with E-state index in [0.717, 1.165) is 10.0 Å². The van der Waals surface area contributed by atoms with Gasteiger partial charge in [-0.1, -0.05) is 17.7 Å². The van der Waals surface area contributed by atoms with E-state index in [1.807, 2.05) is 0 Å². The summed E-state index contributed by atoms with van der Waals surface area (Å²) in [4.78, 5) is 4.01. The fourth-order valence-electron chi connectivity index (χ4n) is 1.70. The van der Waals surface area contributed by atoms with Crippen LogP contribution < -0.4 is 10.0 Å². The molecule has 2 N–H and O–H groups in total. The normalized spacial score (nSPS) is 11.4. The Kier molecular flexibility index (Phi) is 5.21. The average Bonchev–Trinajstić information content (AvgIpc) is 2.43. The SMILES string of the molecule is CNCc1ccc(Cl)c(S(=O)(=O)Nc2ccc(Br)cn2)c1. The summed E-state index contributed by atoms with van der Waals surface area (Å²) in [6.45, 7) is 0.552. The zero-order valence-corrected chi connectivity index (χ0v) is 14.3. The van der Waals surface area contributed by atoms with Crippen LogP contribution in [0.1, 0.15) is 5.56 Å². The number of benzene rings is 1. The highest BCUT2D eigenvalue weighted by Crippen LogP contribution is 2.25. The number of nitrogens with zero attached hydrogens (tertiary/aromatic N) is 1. The summed E-state index contributed by atoms with van der Waals surface area (Å²) in [5.41, 5.74) is 0.825. The van der Waals surface area contributed by atoms with E-state index >= 15 is 0 Å². The van der Waals surface area contributed by atoms with Crippen molar-refractivity contribution in [2.75, 3.05) is 11.8 Å². The molecule has 1 aromatic carbocycles. The number of halogens is 2. The Morgan fingerprint density at radius 1 is 1.29 bits per heavy atom. The summed E-state index contributed by atoms with van der Waals surface area (Å²) >= 11 is 9.25. The summed E-state index contributed by atoms with van der Waals surface area (Å²) in [7, 11) is -2.00. The summed E-state index contributed by atoms with van der Waals surface area (Å²) in [5.74, 6) is 0.230. The van der Waals surface area contributed by atoms with Crippen LogP contribution in [0.2, 0.25) is 5.02 Å². The molecule has 0 atom stereocenters. The van der Waals surface area contributed by atoms with Crippen molar-refractivity contribution in [3.05, 3.63) is 51.6 Å². The third-order valence-corrected chi connectivity index (χ3v) is 4.94. The molecule has 8 heteroatoms. The van der Waals surface area contributed by atoms with Crippen molar-refractivity contribution in [2.24, 2.45) is 0 Å². The van der Waals surface area contributed by atoms with Crippen LogP contribution in [0.25, 0.3) is 0 Å². The van der Waals surface area contributed by atoms with Crippen molar-refractivity contribution in [3.63, 3.8) is 0 Å². The lowest BCUT2D eigenvalue weighted by Crippen LogP contribution is -2.15. The molecule has 112 valence electrons. The predicted molar refractivity (Wildman–Crippen MR) is 87.0 cm³/mol. The maximum Gasteiger partial charge on any atom is 0.264 e. The van der Waals surface area contributed by atoms with Crippen LogP contribution in [-0.2, 0) is 16.6 Å². The molecule has 0 bridgehead atoms. The number of anilines is 1. The minimum Gasteiger partial charge on any atom is -0.316 e. The first-order valence-electron chi connectivity index (χ1n) is 6.00. The van der Waals surface area contributed by atoms with Gasteiger partial charge < -0.3 is 5.32 Å². The molecular weight excluding hydrogens is 378 g/mol. The van der Waals surface area contributed by atoms with Crippen molar-refractivity contribution in [1.29, 1.82) is 0 Å². The number of aromatic nitrogens is 1. The molecule has 2 aromatic rings. The summed E-state index contributed by atoms with van der Waals surface area (Å²) in [5, 5.41) is 3.13. The standard InChI is InChI=1S/C13H13BrClN3O2S/c1-16-7-9-2-4-11(15)12(6-9)21(19,20)18-13-5-3-10(14)8-17-13/h2-6,8,16H,7H2,1H3,(H,17,18). The number of nitrogens with one attached hydrogen (secondary N) is 2. The zero-order valence-electron chi connectivity index (χ0n) is 11.1. The molecule has 0 saturated heterocycles. The molecule has 0 spiro atoms. The monoisotopic (exact) mass is 389 g/mol. The van der Waals surface area contributed by atoms with E-state index in [9.17, 15) is 8.42 Å². The van der Waals surface area contributed by atoms with E-state index in [1.165, 1.54) is 6.20 Å². The zero-order chi connectivity index (χ0) is 15.5. The van der Waals surface area contributed by atoms with Crippen molar-refractivity contribution >= 4 is 43.4 Å². The van der Waals surface area contributed by atoms with E-state index in [-0.39, 0.29) is 15.7 Å². The Morgan fingerprint density at radius 3 is 2.67 bits per heavy atom. The lowest BCUT2D eigenvalue weighted by molar-refractivity contribution is 0.601. The van der Waals surface area contributed by atoms with Crippen LogP contribution in [0, 0.1) is 0 Å². The second kappa shape index (κ2) is 6.74. The van der Waals surface area contributed by atoms with Gasteiger partial charge in [0.2, 0.25) is 0 Å². The van der Waals surface area contributed by atoms with Crippen molar-refractivity contribution in [1.82, 2.24) is 10.3 Å². The van der Waals surface area contributed by atoms with E-state index in [1.54, 1.807) is 37.4 Å². The minimum absolute atomic E-state index is 0.0293. The Hall–Kier alpha value is -1.15. The van der Waals surface area contributed by atoms with Crippen LogP contribution in [0.5, 0.6) is 0 Å². The van der Waals surface area contributed by atoms with Crippen molar-refractivity contribution in [3.8, 4) is 0 Å². The fourth-order valence-corrected chi connectivity index (χ4v) is 3.49. The Morgan fingerprint density at radius 2 is 2.05 bits per heavy atom. The number of pyridine rings is 1. The molecule has 0 saturated carbocycles. The highest BCUT2D eigenvalue weighted by atomic mass is 79.9. The van der Waals surface area contributed by atoms with Crippen LogP contribution >= 0.6 is 27.5 Å². The van der Waals surface area contributed by atoms with Crippen LogP contribution in [0.4, 0.5) is 5.82 Å². The maximum atomic E-state index is 12.4. The second-order valence-corrected chi connectivity index (χ2v) is 7.24. The van der Waals surface area contributed by atoms with E-state index in [0.29, 0.717) is 6.54 Å². The van der Waals surface area contributed by atoms with Gasteiger partial charge in [-0.25, -0.2) is 13.4 Å². The van der Waals surface area contributed by atoms with Gasteiger partial charge in [-0.05, 0) is 52.8 Å². The molecule has 2 rings (SSSR count). The largest absolute Gasteiger partial charge is 0.316 e. The quantitative estimate of drug-likeness (QED) is 0.823. The molecule has 1 heterocycles. The Balaban J connectivity index is 2.34. The van der Waals surface area contributed by atoms with Gasteiger partial charge in [-0.15, -0.1) is 0 Å². The third-order valence-electron chi connectivity index (χ3n) is 2.63. The molecule has 0 unspecified atom stereocenters. The predicted octanol–water partition coefficient (Wildman–Crippen LogP) is 3.02. The van der Waals surface area contributed by atoms with Crippen LogP contribution in [0.3, 0.4) is 0 Å². The maximum absolute atomic E-state index is 12.4. The van der Waals surface area contributed by atoms with Gasteiger partial charge in [0.1, 0.15) is 10.7 Å². The summed E-state index contributed by atoms with van der Waals surface area (Å²) < 4.78 is 28.0. The van der Waals surface area contributed by atoms with Gasteiger partial charge in [0.05, 0.1) is 5.02 Å². The van der Waals surface area contributed by atoms with E-state index in [2.05, 4.69) is 31.0 Å². The highest BCUT2D eigenvalue weighted by molar-refractivity contribution is 9.10. The van der Waals surface area contributed by atoms with Crippen molar-refractivity contribution in [2.45, 2.75) is 11.4 Å². The molecule has 0 aliphatic carbocycles. The highest BCUT2D eigenvalue weighted by Gasteiger charge is 2.19. The van der Waals surface area contributed by atoms with Crippen LogP contribution in [0.15, 0.2) is 45.9 Å². The smallest absolute Gasteiger partial charge is 0.264 e. The number of hydrogen-bond donors (Lipinski definition) is 2. The van der Waals surface area contributed by atoms with Gasteiger partial charge in [0.15, 0.2) is 0 Å². The number of sulfonamides is 1. The lowest BCUT2D eigenvalue weighted by atomic mass is 10.2. The molecule has 0 amide bonds. The summed E-state index contributed by atoms with van der Waals surface area (Å²) in [6.07, 6.45) is 1.51. The molecular formula is C13H13BrClN3O2S. The molecule has 1 aromatic heterocycles. The molecule has 0 aliphatic rings. The molecule has 0 aliphatic heterocycles. The molecule has 5 nitrogen and oxygen atoms in total. The Bertz CT molecular complexity index is 736. The fraction of sp³-hybridized carbons (Fsp3) is 0.154. The second-order valence-electron chi connectivity index (χ2n) is 4.26. The number of hydrogen-bond acceptors (Lipinski definition) is 4.